The van der Waals surface area contributed by atoms with Crippen LogP contribution in [0, 0.1) is 5.92 Å². The quantitative estimate of drug-likeness (QED) is 0.865. The third-order valence-corrected chi connectivity index (χ3v) is 4.33. The molecule has 0 spiro atoms. The molecule has 2 N–H and O–H groups in total. The van der Waals surface area contributed by atoms with Gasteiger partial charge >= 0.3 is 0 Å². The standard InChI is InChI=1S/C17H27NO2/c1-3-13-7-4-5-9-15(13)20-17-14(11-12-18)8-6-10-16(17)19-2/h6,8,10,13,15H,3-5,7,9,11-12,18H2,1-2H3. The molecule has 0 aliphatic heterocycles. The van der Waals surface area contributed by atoms with Gasteiger partial charge < -0.3 is 15.2 Å². The van der Waals surface area contributed by atoms with E-state index in [1.54, 1.807) is 7.11 Å². The summed E-state index contributed by atoms with van der Waals surface area (Å²) in [7, 11) is 1.70. The molecule has 1 aliphatic carbocycles. The van der Waals surface area contributed by atoms with Crippen LogP contribution < -0.4 is 15.2 Å². The van der Waals surface area contributed by atoms with Crippen LogP contribution in [0.3, 0.4) is 0 Å². The highest BCUT2D eigenvalue weighted by Crippen LogP contribution is 2.37. The van der Waals surface area contributed by atoms with E-state index in [0.29, 0.717) is 18.6 Å². The molecule has 0 radical (unpaired) electrons. The number of nitrogens with two attached hydrogens (primary N) is 1. The Morgan fingerprint density at radius 2 is 2.05 bits per heavy atom. The van der Waals surface area contributed by atoms with Crippen LogP contribution in [-0.4, -0.2) is 19.8 Å². The van der Waals surface area contributed by atoms with Gasteiger partial charge in [-0.15, -0.1) is 0 Å². The van der Waals surface area contributed by atoms with Gasteiger partial charge in [0.15, 0.2) is 11.5 Å². The van der Waals surface area contributed by atoms with Gasteiger partial charge in [0, 0.05) is 0 Å². The second-order valence-electron chi connectivity index (χ2n) is 5.60. The second-order valence-corrected chi connectivity index (χ2v) is 5.60. The maximum absolute atomic E-state index is 6.38. The minimum Gasteiger partial charge on any atom is -0.493 e. The molecule has 1 fully saturated rings. The fourth-order valence-corrected chi connectivity index (χ4v) is 3.16. The van der Waals surface area contributed by atoms with Crippen LogP contribution in [0.5, 0.6) is 11.5 Å². The lowest BCUT2D eigenvalue weighted by molar-refractivity contribution is 0.0863. The minimum atomic E-state index is 0.321. The average molecular weight is 277 g/mol. The van der Waals surface area contributed by atoms with Gasteiger partial charge in [-0.3, -0.25) is 0 Å². The number of rotatable bonds is 6. The lowest BCUT2D eigenvalue weighted by atomic mass is 9.84. The molecular weight excluding hydrogens is 250 g/mol. The fraction of sp³-hybridized carbons (Fsp3) is 0.647. The van der Waals surface area contributed by atoms with Crippen molar-refractivity contribution in [3.8, 4) is 11.5 Å². The highest BCUT2D eigenvalue weighted by atomic mass is 16.5. The third-order valence-electron chi connectivity index (χ3n) is 4.33. The molecule has 3 heteroatoms. The number of para-hydroxylation sites is 1. The van der Waals surface area contributed by atoms with Crippen LogP contribution in [0.2, 0.25) is 0 Å². The molecule has 0 amide bonds. The molecule has 0 heterocycles. The van der Waals surface area contributed by atoms with Crippen molar-refractivity contribution >= 4 is 0 Å². The van der Waals surface area contributed by atoms with Crippen LogP contribution in [0.15, 0.2) is 18.2 Å². The maximum atomic E-state index is 6.38. The molecule has 1 aliphatic rings. The maximum Gasteiger partial charge on any atom is 0.164 e. The zero-order valence-electron chi connectivity index (χ0n) is 12.7. The Morgan fingerprint density at radius 1 is 1.25 bits per heavy atom. The topological polar surface area (TPSA) is 44.5 Å². The molecule has 0 aromatic heterocycles. The molecule has 0 saturated heterocycles. The Balaban J connectivity index is 2.21. The normalized spacial score (nSPS) is 22.6. The molecule has 2 rings (SSSR count). The molecule has 20 heavy (non-hydrogen) atoms. The first-order valence-electron chi connectivity index (χ1n) is 7.82. The van der Waals surface area contributed by atoms with Crippen molar-refractivity contribution in [1.82, 2.24) is 0 Å². The van der Waals surface area contributed by atoms with Gasteiger partial charge in [0.25, 0.3) is 0 Å². The second kappa shape index (κ2) is 7.53. The van der Waals surface area contributed by atoms with Crippen LogP contribution in [-0.2, 0) is 6.42 Å². The van der Waals surface area contributed by atoms with Crippen molar-refractivity contribution in [2.45, 2.75) is 51.6 Å². The lowest BCUT2D eigenvalue weighted by Crippen LogP contribution is -2.30. The number of methoxy groups -OCH3 is 1. The lowest BCUT2D eigenvalue weighted by Gasteiger charge is -2.32. The first kappa shape index (κ1) is 15.2. The van der Waals surface area contributed by atoms with Crippen LogP contribution in [0.4, 0.5) is 0 Å². The predicted octanol–water partition coefficient (Wildman–Crippen LogP) is 3.54. The van der Waals surface area contributed by atoms with Crippen LogP contribution in [0.1, 0.15) is 44.6 Å². The summed E-state index contributed by atoms with van der Waals surface area (Å²) < 4.78 is 11.9. The van der Waals surface area contributed by atoms with Gasteiger partial charge in [0.05, 0.1) is 7.11 Å². The Bertz CT molecular complexity index is 419. The van der Waals surface area contributed by atoms with Crippen molar-refractivity contribution in [2.75, 3.05) is 13.7 Å². The first-order valence-corrected chi connectivity index (χ1v) is 7.82. The van der Waals surface area contributed by atoms with Crippen LogP contribution in [0.25, 0.3) is 0 Å². The molecule has 2 atom stereocenters. The van der Waals surface area contributed by atoms with Crippen molar-refractivity contribution in [3.63, 3.8) is 0 Å². The summed E-state index contributed by atoms with van der Waals surface area (Å²) >= 11 is 0. The van der Waals surface area contributed by atoms with Gasteiger partial charge in [-0.1, -0.05) is 25.5 Å². The first-order chi connectivity index (χ1) is 9.80. The summed E-state index contributed by atoms with van der Waals surface area (Å²) in [5, 5.41) is 0. The predicted molar refractivity (Wildman–Crippen MR) is 82.4 cm³/mol. The molecule has 3 nitrogen and oxygen atoms in total. The zero-order chi connectivity index (χ0) is 14.4. The summed E-state index contributed by atoms with van der Waals surface area (Å²) in [6, 6.07) is 6.07. The van der Waals surface area contributed by atoms with E-state index < -0.39 is 0 Å². The van der Waals surface area contributed by atoms with Crippen molar-refractivity contribution in [2.24, 2.45) is 11.7 Å². The Morgan fingerprint density at radius 3 is 2.75 bits per heavy atom. The van der Waals surface area contributed by atoms with E-state index in [1.807, 2.05) is 12.1 Å². The summed E-state index contributed by atoms with van der Waals surface area (Å²) in [4.78, 5) is 0. The van der Waals surface area contributed by atoms with E-state index in [2.05, 4.69) is 13.0 Å². The van der Waals surface area contributed by atoms with Crippen LogP contribution >= 0.6 is 0 Å². The molecule has 1 aromatic carbocycles. The number of benzene rings is 1. The molecule has 2 unspecified atom stereocenters. The molecule has 112 valence electrons. The summed E-state index contributed by atoms with van der Waals surface area (Å²) in [6.45, 7) is 2.89. The van der Waals surface area contributed by atoms with Gasteiger partial charge in [-0.25, -0.2) is 0 Å². The Kier molecular flexibility index (Phi) is 5.72. The number of ether oxygens (including phenoxy) is 2. The van der Waals surface area contributed by atoms with Gasteiger partial charge in [-0.2, -0.15) is 0 Å². The van der Waals surface area contributed by atoms with Gasteiger partial charge in [0.1, 0.15) is 6.10 Å². The smallest absolute Gasteiger partial charge is 0.164 e. The highest BCUT2D eigenvalue weighted by molar-refractivity contribution is 5.47. The number of hydrogen-bond donors (Lipinski definition) is 1. The third kappa shape index (κ3) is 3.45. The highest BCUT2D eigenvalue weighted by Gasteiger charge is 2.27. The SMILES string of the molecule is CCC1CCCCC1Oc1c(CCN)cccc1OC. The van der Waals surface area contributed by atoms with Crippen molar-refractivity contribution in [3.05, 3.63) is 23.8 Å². The summed E-state index contributed by atoms with van der Waals surface area (Å²) in [5.41, 5.74) is 6.87. The molecule has 1 saturated carbocycles. The van der Waals surface area contributed by atoms with Crippen molar-refractivity contribution < 1.29 is 9.47 Å². The molecule has 1 aromatic rings. The van der Waals surface area contributed by atoms with E-state index in [0.717, 1.165) is 29.9 Å². The van der Waals surface area contributed by atoms with E-state index in [-0.39, 0.29) is 0 Å². The molecular formula is C17H27NO2. The van der Waals surface area contributed by atoms with E-state index in [9.17, 15) is 0 Å². The minimum absolute atomic E-state index is 0.321. The molecule has 0 bridgehead atoms. The fourth-order valence-electron chi connectivity index (χ4n) is 3.16. The summed E-state index contributed by atoms with van der Waals surface area (Å²) in [6.07, 6.45) is 7.37. The van der Waals surface area contributed by atoms with Gasteiger partial charge in [-0.05, 0) is 56.2 Å². The van der Waals surface area contributed by atoms with Gasteiger partial charge in [0.2, 0.25) is 0 Å². The Hall–Kier alpha value is -1.22. The zero-order valence-corrected chi connectivity index (χ0v) is 12.7. The monoisotopic (exact) mass is 277 g/mol. The Labute approximate surface area is 122 Å². The van der Waals surface area contributed by atoms with E-state index >= 15 is 0 Å². The van der Waals surface area contributed by atoms with E-state index in [1.165, 1.54) is 25.7 Å². The average Bonchev–Trinajstić information content (AvgIpc) is 2.49. The summed E-state index contributed by atoms with van der Waals surface area (Å²) in [5.74, 6) is 2.40. The van der Waals surface area contributed by atoms with Crippen molar-refractivity contribution in [1.29, 1.82) is 0 Å². The van der Waals surface area contributed by atoms with E-state index in [4.69, 9.17) is 15.2 Å². The number of hydrogen-bond acceptors (Lipinski definition) is 3. The largest absolute Gasteiger partial charge is 0.493 e.